The fourth-order valence-electron chi connectivity index (χ4n) is 1.28. The van der Waals surface area contributed by atoms with Crippen molar-refractivity contribution in [2.75, 3.05) is 0 Å². The number of amides is 2. The van der Waals surface area contributed by atoms with Crippen LogP contribution in [0.4, 0.5) is 4.79 Å². The van der Waals surface area contributed by atoms with Crippen LogP contribution in [0.15, 0.2) is 24.3 Å². The molecule has 0 aliphatic heterocycles. The summed E-state index contributed by atoms with van der Waals surface area (Å²) >= 11 is 0. The maximum Gasteiger partial charge on any atom is 0.426 e. The predicted octanol–water partition coefficient (Wildman–Crippen LogP) is 1.55. The molecule has 3 N–H and O–H groups in total. The Morgan fingerprint density at radius 3 is 2.25 bits per heavy atom. The molecule has 0 unspecified atom stereocenters. The smallest absolute Gasteiger partial charge is 0.426 e. The van der Waals surface area contributed by atoms with Crippen LogP contribution in [0.1, 0.15) is 41.5 Å². The second-order valence-corrected chi connectivity index (χ2v) is 4.97. The van der Waals surface area contributed by atoms with Crippen LogP contribution in [-0.2, 0) is 4.74 Å². The van der Waals surface area contributed by atoms with Crippen LogP contribution < -0.4 is 10.9 Å². The van der Waals surface area contributed by atoms with Crippen LogP contribution in [0.25, 0.3) is 0 Å². The van der Waals surface area contributed by atoms with Gasteiger partial charge >= 0.3 is 12.1 Å². The molecule has 0 radical (unpaired) electrons. The number of carboxylic acid groups (broad SMARTS) is 1. The number of hydrogen-bond donors (Lipinski definition) is 3. The lowest BCUT2D eigenvalue weighted by molar-refractivity contribution is 0.0483. The molecule has 1 rings (SSSR count). The van der Waals surface area contributed by atoms with E-state index in [2.05, 4.69) is 10.9 Å². The van der Waals surface area contributed by atoms with E-state index in [9.17, 15) is 14.4 Å². The molecule has 0 aliphatic rings. The third kappa shape index (κ3) is 4.97. The van der Waals surface area contributed by atoms with E-state index in [1.165, 1.54) is 24.3 Å². The SMILES string of the molecule is CC(C)(C)OC(=O)NNC(=O)c1cccc(C(=O)O)c1. The minimum absolute atomic E-state index is 0.0186. The van der Waals surface area contributed by atoms with Gasteiger partial charge in [0.05, 0.1) is 5.56 Å². The molecule has 0 bridgehead atoms. The van der Waals surface area contributed by atoms with E-state index in [1.54, 1.807) is 20.8 Å². The average Bonchev–Trinajstić information content (AvgIpc) is 2.34. The van der Waals surface area contributed by atoms with E-state index in [0.717, 1.165) is 0 Å². The molecule has 0 saturated carbocycles. The first-order chi connectivity index (χ1) is 9.19. The van der Waals surface area contributed by atoms with Crippen molar-refractivity contribution in [3.8, 4) is 0 Å². The van der Waals surface area contributed by atoms with Gasteiger partial charge in [-0.25, -0.2) is 15.0 Å². The second-order valence-electron chi connectivity index (χ2n) is 4.97. The van der Waals surface area contributed by atoms with Gasteiger partial charge in [0.1, 0.15) is 5.60 Å². The van der Waals surface area contributed by atoms with Gasteiger partial charge in [-0.1, -0.05) is 6.07 Å². The Balaban J connectivity index is 2.61. The van der Waals surface area contributed by atoms with Crippen molar-refractivity contribution in [2.24, 2.45) is 0 Å². The molecule has 7 nitrogen and oxygen atoms in total. The minimum Gasteiger partial charge on any atom is -0.478 e. The van der Waals surface area contributed by atoms with Gasteiger partial charge < -0.3 is 9.84 Å². The molecule has 1 aromatic rings. The monoisotopic (exact) mass is 280 g/mol. The number of nitrogens with one attached hydrogen (secondary N) is 2. The molecule has 108 valence electrons. The highest BCUT2D eigenvalue weighted by Gasteiger charge is 2.17. The number of carbonyl (C=O) groups excluding carboxylic acids is 2. The molecule has 0 fully saturated rings. The van der Waals surface area contributed by atoms with Gasteiger partial charge in [0.15, 0.2) is 0 Å². The quantitative estimate of drug-likeness (QED) is 0.713. The molecule has 0 aromatic heterocycles. The first-order valence-electron chi connectivity index (χ1n) is 5.82. The molecule has 0 saturated heterocycles. The van der Waals surface area contributed by atoms with E-state index in [0.29, 0.717) is 0 Å². The summed E-state index contributed by atoms with van der Waals surface area (Å²) in [7, 11) is 0. The second kappa shape index (κ2) is 6.05. The molecule has 0 spiro atoms. The third-order valence-corrected chi connectivity index (χ3v) is 2.05. The van der Waals surface area contributed by atoms with Crippen molar-refractivity contribution in [3.63, 3.8) is 0 Å². The highest BCUT2D eigenvalue weighted by Crippen LogP contribution is 2.07. The summed E-state index contributed by atoms with van der Waals surface area (Å²) in [6, 6.07) is 5.43. The zero-order chi connectivity index (χ0) is 15.3. The lowest BCUT2D eigenvalue weighted by Crippen LogP contribution is -2.44. The van der Waals surface area contributed by atoms with Gasteiger partial charge in [-0.15, -0.1) is 0 Å². The highest BCUT2D eigenvalue weighted by atomic mass is 16.6. The number of rotatable bonds is 2. The van der Waals surface area contributed by atoms with Crippen LogP contribution in [0, 0.1) is 0 Å². The summed E-state index contributed by atoms with van der Waals surface area (Å²) in [5.41, 5.74) is 3.62. The number of carbonyl (C=O) groups is 3. The zero-order valence-corrected chi connectivity index (χ0v) is 11.4. The number of hydrazine groups is 1. The molecular weight excluding hydrogens is 264 g/mol. The predicted molar refractivity (Wildman–Crippen MR) is 70.2 cm³/mol. The van der Waals surface area contributed by atoms with E-state index in [1.807, 2.05) is 0 Å². The number of benzene rings is 1. The molecule has 7 heteroatoms. The number of carboxylic acids is 1. The van der Waals surface area contributed by atoms with Crippen LogP contribution in [0.5, 0.6) is 0 Å². The van der Waals surface area contributed by atoms with Crippen LogP contribution in [0.2, 0.25) is 0 Å². The lowest BCUT2D eigenvalue weighted by atomic mass is 10.1. The van der Waals surface area contributed by atoms with Crippen molar-refractivity contribution in [1.82, 2.24) is 10.9 Å². The fraction of sp³-hybridized carbons (Fsp3) is 0.308. The normalized spacial score (nSPS) is 10.6. The Hall–Kier alpha value is -2.57. The molecular formula is C13H16N2O5. The van der Waals surface area contributed by atoms with Gasteiger partial charge in [0.25, 0.3) is 5.91 Å². The minimum atomic E-state index is -1.14. The number of aromatic carboxylic acids is 1. The van der Waals surface area contributed by atoms with E-state index in [4.69, 9.17) is 9.84 Å². The molecule has 20 heavy (non-hydrogen) atoms. The Labute approximate surface area is 115 Å². The molecule has 2 amide bonds. The number of hydrogen-bond acceptors (Lipinski definition) is 4. The van der Waals surface area contributed by atoms with Crippen molar-refractivity contribution in [2.45, 2.75) is 26.4 Å². The van der Waals surface area contributed by atoms with Gasteiger partial charge in [-0.2, -0.15) is 0 Å². The van der Waals surface area contributed by atoms with Crippen molar-refractivity contribution >= 4 is 18.0 Å². The third-order valence-electron chi connectivity index (χ3n) is 2.05. The van der Waals surface area contributed by atoms with Crippen LogP contribution in [-0.4, -0.2) is 28.7 Å². The van der Waals surface area contributed by atoms with E-state index < -0.39 is 23.6 Å². The van der Waals surface area contributed by atoms with Crippen molar-refractivity contribution < 1.29 is 24.2 Å². The Morgan fingerprint density at radius 1 is 1.10 bits per heavy atom. The summed E-state index contributed by atoms with van der Waals surface area (Å²) in [6.07, 6.45) is -0.805. The molecule has 0 aliphatic carbocycles. The van der Waals surface area contributed by atoms with Gasteiger partial charge in [-0.3, -0.25) is 10.2 Å². The maximum absolute atomic E-state index is 11.7. The summed E-state index contributed by atoms with van der Waals surface area (Å²) in [5, 5.41) is 8.82. The highest BCUT2D eigenvalue weighted by molar-refractivity contribution is 5.97. The zero-order valence-electron chi connectivity index (χ0n) is 11.4. The van der Waals surface area contributed by atoms with Gasteiger partial charge in [-0.05, 0) is 39.0 Å². The maximum atomic E-state index is 11.7. The Bertz CT molecular complexity index is 534. The van der Waals surface area contributed by atoms with Gasteiger partial charge in [0, 0.05) is 5.56 Å². The van der Waals surface area contributed by atoms with Crippen LogP contribution >= 0.6 is 0 Å². The summed E-state index contributed by atoms with van der Waals surface area (Å²) in [4.78, 5) is 33.8. The van der Waals surface area contributed by atoms with E-state index in [-0.39, 0.29) is 11.1 Å². The molecule has 0 heterocycles. The fourth-order valence-corrected chi connectivity index (χ4v) is 1.28. The summed E-state index contributed by atoms with van der Waals surface area (Å²) in [6.45, 7) is 5.06. The topological polar surface area (TPSA) is 105 Å². The lowest BCUT2D eigenvalue weighted by Gasteiger charge is -2.19. The van der Waals surface area contributed by atoms with Crippen molar-refractivity contribution in [1.29, 1.82) is 0 Å². The summed E-state index contributed by atoms with van der Waals surface area (Å²) in [5.74, 6) is -1.78. The van der Waals surface area contributed by atoms with Gasteiger partial charge in [0.2, 0.25) is 0 Å². The van der Waals surface area contributed by atoms with Crippen molar-refractivity contribution in [3.05, 3.63) is 35.4 Å². The Morgan fingerprint density at radius 2 is 1.70 bits per heavy atom. The number of ether oxygens (including phenoxy) is 1. The van der Waals surface area contributed by atoms with E-state index >= 15 is 0 Å². The van der Waals surface area contributed by atoms with Crippen LogP contribution in [0.3, 0.4) is 0 Å². The standard InChI is InChI=1S/C13H16N2O5/c1-13(2,3)20-12(19)15-14-10(16)8-5-4-6-9(7-8)11(17)18/h4-7H,1-3H3,(H,14,16)(H,15,19)(H,17,18). The first-order valence-corrected chi connectivity index (χ1v) is 5.82. The largest absolute Gasteiger partial charge is 0.478 e. The summed E-state index contributed by atoms with van der Waals surface area (Å²) < 4.78 is 4.93. The molecule has 1 aromatic carbocycles. The average molecular weight is 280 g/mol. The Kier molecular flexibility index (Phi) is 4.68. The molecule has 0 atom stereocenters. The first kappa shape index (κ1) is 15.5.